The molecule has 0 bridgehead atoms. The van der Waals surface area contributed by atoms with Gasteiger partial charge in [-0.15, -0.1) is 12.6 Å². The highest BCUT2D eigenvalue weighted by molar-refractivity contribution is 7.80. The molecule has 16 heavy (non-hydrogen) atoms. The molecular formula is C13H14O2S. The molecule has 0 saturated heterocycles. The molecule has 1 rings (SSSR count). The van der Waals surface area contributed by atoms with Crippen LogP contribution in [0.3, 0.4) is 0 Å². The number of benzene rings is 1. The molecule has 2 nitrogen and oxygen atoms in total. The lowest BCUT2D eigenvalue weighted by molar-refractivity contribution is -0.115. The van der Waals surface area contributed by atoms with Gasteiger partial charge in [-0.3, -0.25) is 4.79 Å². The Morgan fingerprint density at radius 3 is 2.50 bits per heavy atom. The zero-order valence-corrected chi connectivity index (χ0v) is 9.98. The fourth-order valence-corrected chi connectivity index (χ4v) is 1.37. The second kappa shape index (κ2) is 6.18. The summed E-state index contributed by atoms with van der Waals surface area (Å²) in [6, 6.07) is 7.28. The third-order valence-electron chi connectivity index (χ3n) is 2.09. The quantitative estimate of drug-likeness (QED) is 0.366. The molecule has 0 spiro atoms. The van der Waals surface area contributed by atoms with Crippen molar-refractivity contribution in [3.8, 4) is 0 Å². The molecule has 0 saturated carbocycles. The Balaban J connectivity index is 2.86. The fourth-order valence-electron chi connectivity index (χ4n) is 1.22. The number of carbonyl (C=O) groups is 1. The second-order valence-electron chi connectivity index (χ2n) is 3.16. The SMILES string of the molecule is C=C/C(=C\C)OC(C=O)c1ccc(S)cc1. The largest absolute Gasteiger partial charge is 0.479 e. The molecule has 1 aromatic carbocycles. The molecule has 0 fully saturated rings. The number of rotatable bonds is 5. The summed E-state index contributed by atoms with van der Waals surface area (Å²) in [4.78, 5) is 11.8. The highest BCUT2D eigenvalue weighted by Gasteiger charge is 2.11. The van der Waals surface area contributed by atoms with Crippen LogP contribution >= 0.6 is 12.6 Å². The van der Waals surface area contributed by atoms with Gasteiger partial charge in [0.2, 0.25) is 0 Å². The molecule has 3 heteroatoms. The second-order valence-corrected chi connectivity index (χ2v) is 3.68. The minimum Gasteiger partial charge on any atom is -0.479 e. The number of hydrogen-bond donors (Lipinski definition) is 1. The van der Waals surface area contributed by atoms with E-state index in [4.69, 9.17) is 4.74 Å². The standard InChI is InChI=1S/C13H14O2S/c1-3-11(4-2)15-13(9-14)10-5-7-12(16)8-6-10/h3-9,13,16H,1H2,2H3/b11-4+. The molecule has 1 unspecified atom stereocenters. The van der Waals surface area contributed by atoms with Gasteiger partial charge in [-0.2, -0.15) is 0 Å². The molecule has 0 N–H and O–H groups in total. The molecular weight excluding hydrogens is 220 g/mol. The third-order valence-corrected chi connectivity index (χ3v) is 2.39. The fraction of sp³-hybridized carbons (Fsp3) is 0.154. The summed E-state index contributed by atoms with van der Waals surface area (Å²) in [6.07, 6.45) is 3.50. The minimum absolute atomic E-state index is 0.590. The Labute approximate surface area is 101 Å². The van der Waals surface area contributed by atoms with E-state index in [-0.39, 0.29) is 0 Å². The molecule has 0 amide bonds. The van der Waals surface area contributed by atoms with Crippen molar-refractivity contribution in [1.29, 1.82) is 0 Å². The van der Waals surface area contributed by atoms with E-state index in [9.17, 15) is 4.79 Å². The zero-order chi connectivity index (χ0) is 12.0. The minimum atomic E-state index is -0.599. The van der Waals surface area contributed by atoms with Crippen molar-refractivity contribution in [1.82, 2.24) is 0 Å². The highest BCUT2D eigenvalue weighted by Crippen LogP contribution is 2.20. The van der Waals surface area contributed by atoms with Gasteiger partial charge in [0.05, 0.1) is 0 Å². The molecule has 1 aromatic rings. The van der Waals surface area contributed by atoms with Crippen molar-refractivity contribution in [2.75, 3.05) is 0 Å². The summed E-state index contributed by atoms with van der Waals surface area (Å²) >= 11 is 4.18. The maximum Gasteiger partial charge on any atom is 0.179 e. The summed E-state index contributed by atoms with van der Waals surface area (Å²) in [7, 11) is 0. The van der Waals surface area contributed by atoms with E-state index in [1.165, 1.54) is 0 Å². The van der Waals surface area contributed by atoms with Gasteiger partial charge in [0.15, 0.2) is 12.4 Å². The van der Waals surface area contributed by atoms with Crippen molar-refractivity contribution in [2.45, 2.75) is 17.9 Å². The van der Waals surface area contributed by atoms with Gasteiger partial charge >= 0.3 is 0 Å². The molecule has 1 atom stereocenters. The van der Waals surface area contributed by atoms with Gasteiger partial charge in [-0.25, -0.2) is 0 Å². The summed E-state index contributed by atoms with van der Waals surface area (Å²) in [5.41, 5.74) is 0.800. The summed E-state index contributed by atoms with van der Waals surface area (Å²) < 4.78 is 5.47. The zero-order valence-electron chi connectivity index (χ0n) is 9.09. The van der Waals surface area contributed by atoms with Crippen LogP contribution in [0.1, 0.15) is 18.6 Å². The number of aldehydes is 1. The van der Waals surface area contributed by atoms with Crippen molar-refractivity contribution >= 4 is 18.9 Å². The van der Waals surface area contributed by atoms with Crippen molar-refractivity contribution in [2.24, 2.45) is 0 Å². The first kappa shape index (κ1) is 12.6. The highest BCUT2D eigenvalue weighted by atomic mass is 32.1. The van der Waals surface area contributed by atoms with E-state index in [1.54, 1.807) is 12.2 Å². The maximum absolute atomic E-state index is 11.0. The topological polar surface area (TPSA) is 26.3 Å². The number of allylic oxidation sites excluding steroid dienone is 2. The molecule has 0 aliphatic rings. The van der Waals surface area contributed by atoms with E-state index in [1.807, 2.05) is 31.2 Å². The average molecular weight is 234 g/mol. The van der Waals surface area contributed by atoms with Gasteiger partial charge < -0.3 is 4.74 Å². The van der Waals surface area contributed by atoms with Crippen molar-refractivity contribution in [3.63, 3.8) is 0 Å². The van der Waals surface area contributed by atoms with Crippen LogP contribution in [0.15, 0.2) is 53.7 Å². The molecule has 0 aliphatic carbocycles. The maximum atomic E-state index is 11.0. The number of ether oxygens (including phenoxy) is 1. The van der Waals surface area contributed by atoms with Crippen molar-refractivity contribution < 1.29 is 9.53 Å². The molecule has 0 heterocycles. The molecule has 84 valence electrons. The van der Waals surface area contributed by atoms with Crippen LogP contribution in [0.25, 0.3) is 0 Å². The van der Waals surface area contributed by atoms with Crippen LogP contribution < -0.4 is 0 Å². The van der Waals surface area contributed by atoms with Crippen LogP contribution in [0, 0.1) is 0 Å². The van der Waals surface area contributed by atoms with E-state index in [0.717, 1.165) is 16.7 Å². The summed E-state index contributed by atoms with van der Waals surface area (Å²) in [6.45, 7) is 5.43. The van der Waals surface area contributed by atoms with Gasteiger partial charge in [-0.05, 0) is 36.8 Å². The lowest BCUT2D eigenvalue weighted by atomic mass is 10.1. The first-order valence-electron chi connectivity index (χ1n) is 4.91. The van der Waals surface area contributed by atoms with E-state index in [0.29, 0.717) is 5.76 Å². The van der Waals surface area contributed by atoms with Crippen LogP contribution in [-0.4, -0.2) is 6.29 Å². The normalized spacial score (nSPS) is 13.0. The first-order chi connectivity index (χ1) is 7.71. The van der Waals surface area contributed by atoms with Gasteiger partial charge in [-0.1, -0.05) is 18.7 Å². The van der Waals surface area contributed by atoms with E-state index in [2.05, 4.69) is 19.2 Å². The first-order valence-corrected chi connectivity index (χ1v) is 5.35. The van der Waals surface area contributed by atoms with Gasteiger partial charge in [0.1, 0.15) is 5.76 Å². The lowest BCUT2D eigenvalue weighted by Gasteiger charge is -2.14. The third kappa shape index (κ3) is 3.28. The van der Waals surface area contributed by atoms with E-state index < -0.39 is 6.10 Å². The Bertz CT molecular complexity index is 393. The summed E-state index contributed by atoms with van der Waals surface area (Å²) in [5, 5.41) is 0. The van der Waals surface area contributed by atoms with Gasteiger partial charge in [0.25, 0.3) is 0 Å². The van der Waals surface area contributed by atoms with Crippen molar-refractivity contribution in [3.05, 3.63) is 54.3 Å². The Kier molecular flexibility index (Phi) is 4.86. The molecule has 0 aliphatic heterocycles. The van der Waals surface area contributed by atoms with E-state index >= 15 is 0 Å². The van der Waals surface area contributed by atoms with Crippen LogP contribution in [0.4, 0.5) is 0 Å². The monoisotopic (exact) mass is 234 g/mol. The Morgan fingerprint density at radius 2 is 2.06 bits per heavy atom. The van der Waals surface area contributed by atoms with Crippen LogP contribution in [-0.2, 0) is 9.53 Å². The summed E-state index contributed by atoms with van der Waals surface area (Å²) in [5.74, 6) is 0.590. The molecule has 0 aromatic heterocycles. The Hall–Kier alpha value is -1.48. The lowest BCUT2D eigenvalue weighted by Crippen LogP contribution is -2.04. The number of carbonyl (C=O) groups excluding carboxylic acids is 1. The predicted octanol–water partition coefficient (Wildman–Crippen LogP) is 3.32. The van der Waals surface area contributed by atoms with Gasteiger partial charge in [0, 0.05) is 4.90 Å². The molecule has 0 radical (unpaired) electrons. The van der Waals surface area contributed by atoms with Crippen LogP contribution in [0.2, 0.25) is 0 Å². The Morgan fingerprint density at radius 1 is 1.44 bits per heavy atom. The average Bonchev–Trinajstić information content (AvgIpc) is 2.32. The predicted molar refractivity (Wildman–Crippen MR) is 67.5 cm³/mol. The number of hydrogen-bond acceptors (Lipinski definition) is 3. The number of thiol groups is 1. The smallest absolute Gasteiger partial charge is 0.179 e. The van der Waals surface area contributed by atoms with Crippen LogP contribution in [0.5, 0.6) is 0 Å².